The molecule has 0 bridgehead atoms. The molecule has 1 aliphatic rings. The van der Waals surface area contributed by atoms with E-state index in [0.717, 1.165) is 6.42 Å². The Morgan fingerprint density at radius 2 is 1.95 bits per heavy atom. The zero-order valence-electron chi connectivity index (χ0n) is 11.7. The monoisotopic (exact) mass is 312 g/mol. The number of amides is 1. The summed E-state index contributed by atoms with van der Waals surface area (Å²) in [6, 6.07) is 7.95. The number of nitrogens with one attached hydrogen (secondary N) is 1. The van der Waals surface area contributed by atoms with E-state index in [1.165, 1.54) is 24.3 Å². The topological polar surface area (TPSA) is 62.1 Å². The lowest BCUT2D eigenvalue weighted by atomic mass is 9.78. The summed E-state index contributed by atoms with van der Waals surface area (Å²) in [6.07, 6.45) is -2.09. The number of hydrogen-bond donors (Lipinski definition) is 1. The van der Waals surface area contributed by atoms with E-state index in [1.807, 2.05) is 0 Å². The Morgan fingerprint density at radius 3 is 2.41 bits per heavy atom. The van der Waals surface area contributed by atoms with Crippen molar-refractivity contribution in [1.82, 2.24) is 5.32 Å². The molecule has 0 atom stereocenters. The molecule has 0 saturated heterocycles. The van der Waals surface area contributed by atoms with Crippen LogP contribution in [0.2, 0.25) is 0 Å². The summed E-state index contributed by atoms with van der Waals surface area (Å²) in [5.74, 6) is -0.181. The predicted molar refractivity (Wildman–Crippen MR) is 72.0 cm³/mol. The van der Waals surface area contributed by atoms with Crippen molar-refractivity contribution in [3.63, 3.8) is 0 Å². The number of nitrogens with zero attached hydrogens (tertiary/aromatic N) is 1. The lowest BCUT2D eigenvalue weighted by molar-refractivity contribution is -0.153. The highest BCUT2D eigenvalue weighted by atomic mass is 19.4. The van der Waals surface area contributed by atoms with E-state index in [4.69, 9.17) is 5.26 Å². The maximum absolute atomic E-state index is 12.0. The summed E-state index contributed by atoms with van der Waals surface area (Å²) in [7, 11) is 0. The minimum absolute atomic E-state index is 0.0724. The minimum atomic E-state index is -4.38. The average molecular weight is 312 g/mol. The number of carbonyl (C=O) groups is 1. The number of hydrogen-bond acceptors (Lipinski definition) is 3. The number of ether oxygens (including phenoxy) is 1. The first-order valence-corrected chi connectivity index (χ1v) is 6.83. The van der Waals surface area contributed by atoms with Gasteiger partial charge in [0.05, 0.1) is 12.5 Å². The largest absolute Gasteiger partial charge is 0.484 e. The van der Waals surface area contributed by atoms with E-state index in [2.05, 4.69) is 16.1 Å². The summed E-state index contributed by atoms with van der Waals surface area (Å²) in [5, 5.41) is 11.7. The summed E-state index contributed by atoms with van der Waals surface area (Å²) < 4.78 is 40.6. The average Bonchev–Trinajstić information content (AvgIpc) is 2.41. The Hall–Kier alpha value is -2.23. The molecule has 1 aliphatic carbocycles. The summed E-state index contributed by atoms with van der Waals surface area (Å²) >= 11 is 0. The molecule has 1 aromatic carbocycles. The standard InChI is InChI=1S/C15H15F3N2O2/c16-15(17,18)10-22-12-4-2-11(3-5-12)8-13(21)20-14(9-19)6-1-7-14/h2-5H,1,6-8,10H2,(H,20,21). The number of benzene rings is 1. The molecular weight excluding hydrogens is 297 g/mol. The first kappa shape index (κ1) is 16.1. The molecule has 0 radical (unpaired) electrons. The van der Waals surface area contributed by atoms with Gasteiger partial charge in [-0.25, -0.2) is 0 Å². The van der Waals surface area contributed by atoms with Crippen molar-refractivity contribution in [3.8, 4) is 11.8 Å². The van der Waals surface area contributed by atoms with E-state index in [9.17, 15) is 18.0 Å². The van der Waals surface area contributed by atoms with Gasteiger partial charge >= 0.3 is 6.18 Å². The van der Waals surface area contributed by atoms with E-state index in [-0.39, 0.29) is 18.1 Å². The second-order valence-corrected chi connectivity index (χ2v) is 5.32. The molecule has 0 aliphatic heterocycles. The molecule has 1 amide bonds. The molecule has 0 aromatic heterocycles. The highest BCUT2D eigenvalue weighted by molar-refractivity contribution is 5.80. The van der Waals surface area contributed by atoms with E-state index >= 15 is 0 Å². The van der Waals surface area contributed by atoms with Crippen molar-refractivity contribution >= 4 is 5.91 Å². The highest BCUT2D eigenvalue weighted by Gasteiger charge is 2.38. The van der Waals surface area contributed by atoms with Crippen molar-refractivity contribution in [2.45, 2.75) is 37.4 Å². The van der Waals surface area contributed by atoms with Crippen LogP contribution < -0.4 is 10.1 Å². The van der Waals surface area contributed by atoms with Gasteiger partial charge in [-0.15, -0.1) is 0 Å². The zero-order chi connectivity index (χ0) is 16.2. The van der Waals surface area contributed by atoms with Gasteiger partial charge in [0.15, 0.2) is 6.61 Å². The Labute approximate surface area is 125 Å². The SMILES string of the molecule is N#CC1(NC(=O)Cc2ccc(OCC(F)(F)F)cc2)CCC1. The van der Waals surface area contributed by atoms with Crippen LogP contribution in [0.1, 0.15) is 24.8 Å². The van der Waals surface area contributed by atoms with Gasteiger partial charge in [-0.3, -0.25) is 4.79 Å². The Morgan fingerprint density at radius 1 is 1.32 bits per heavy atom. The molecule has 22 heavy (non-hydrogen) atoms. The molecule has 118 valence electrons. The Bertz CT molecular complexity index is 572. The molecule has 1 N–H and O–H groups in total. The molecule has 1 fully saturated rings. The number of halogens is 3. The number of alkyl halides is 3. The Balaban J connectivity index is 1.86. The maximum Gasteiger partial charge on any atom is 0.422 e. The molecular formula is C15H15F3N2O2. The third-order valence-corrected chi connectivity index (χ3v) is 3.49. The van der Waals surface area contributed by atoms with Gasteiger partial charge in [0.2, 0.25) is 5.91 Å². The smallest absolute Gasteiger partial charge is 0.422 e. The van der Waals surface area contributed by atoms with Gasteiger partial charge in [0.25, 0.3) is 0 Å². The first-order valence-electron chi connectivity index (χ1n) is 6.83. The van der Waals surface area contributed by atoms with Crippen LogP contribution in [-0.4, -0.2) is 24.2 Å². The van der Waals surface area contributed by atoms with Crippen LogP contribution >= 0.6 is 0 Å². The van der Waals surface area contributed by atoms with Crippen molar-refractivity contribution in [2.24, 2.45) is 0 Å². The van der Waals surface area contributed by atoms with Crippen LogP contribution in [0.15, 0.2) is 24.3 Å². The lowest BCUT2D eigenvalue weighted by Crippen LogP contribution is -2.52. The van der Waals surface area contributed by atoms with Crippen molar-refractivity contribution in [1.29, 1.82) is 5.26 Å². The second kappa shape index (κ2) is 6.26. The Kier molecular flexibility index (Phi) is 4.59. The molecule has 1 aromatic rings. The summed E-state index contributed by atoms with van der Waals surface area (Å²) in [5.41, 5.74) is -0.100. The number of carbonyl (C=O) groups excluding carboxylic acids is 1. The van der Waals surface area contributed by atoms with Gasteiger partial charge in [0.1, 0.15) is 11.3 Å². The van der Waals surface area contributed by atoms with Gasteiger partial charge in [-0.1, -0.05) is 12.1 Å². The first-order chi connectivity index (χ1) is 10.3. The van der Waals surface area contributed by atoms with Crippen molar-refractivity contribution in [3.05, 3.63) is 29.8 Å². The normalized spacial score (nSPS) is 16.3. The molecule has 2 rings (SSSR count). The molecule has 1 saturated carbocycles. The maximum atomic E-state index is 12.0. The van der Waals surface area contributed by atoms with E-state index < -0.39 is 18.3 Å². The zero-order valence-corrected chi connectivity index (χ0v) is 11.7. The molecule has 0 spiro atoms. The van der Waals surface area contributed by atoms with E-state index in [0.29, 0.717) is 18.4 Å². The minimum Gasteiger partial charge on any atom is -0.484 e. The second-order valence-electron chi connectivity index (χ2n) is 5.32. The molecule has 0 unspecified atom stereocenters. The summed E-state index contributed by atoms with van der Waals surface area (Å²) in [6.45, 7) is -1.35. The van der Waals surface area contributed by atoms with Crippen LogP contribution in [0.4, 0.5) is 13.2 Å². The van der Waals surface area contributed by atoms with Gasteiger partial charge in [-0.05, 0) is 37.0 Å². The van der Waals surface area contributed by atoms with Crippen LogP contribution in [-0.2, 0) is 11.2 Å². The fourth-order valence-electron chi connectivity index (χ4n) is 2.16. The highest BCUT2D eigenvalue weighted by Crippen LogP contribution is 2.31. The lowest BCUT2D eigenvalue weighted by Gasteiger charge is -2.35. The third-order valence-electron chi connectivity index (χ3n) is 3.49. The predicted octanol–water partition coefficient (Wildman–Crippen LogP) is 2.73. The fourth-order valence-corrected chi connectivity index (χ4v) is 2.16. The van der Waals surface area contributed by atoms with Crippen LogP contribution in [0.25, 0.3) is 0 Å². The van der Waals surface area contributed by atoms with Crippen LogP contribution in [0, 0.1) is 11.3 Å². The van der Waals surface area contributed by atoms with Gasteiger partial charge in [-0.2, -0.15) is 18.4 Å². The van der Waals surface area contributed by atoms with Gasteiger partial charge < -0.3 is 10.1 Å². The van der Waals surface area contributed by atoms with Gasteiger partial charge in [0, 0.05) is 0 Å². The molecule has 7 heteroatoms. The van der Waals surface area contributed by atoms with Crippen LogP contribution in [0.3, 0.4) is 0 Å². The number of nitriles is 1. The van der Waals surface area contributed by atoms with E-state index in [1.54, 1.807) is 0 Å². The fraction of sp³-hybridized carbons (Fsp3) is 0.467. The molecule has 0 heterocycles. The quantitative estimate of drug-likeness (QED) is 0.909. The van der Waals surface area contributed by atoms with Crippen LogP contribution in [0.5, 0.6) is 5.75 Å². The molecule has 4 nitrogen and oxygen atoms in total. The number of rotatable bonds is 5. The van der Waals surface area contributed by atoms with Crippen molar-refractivity contribution in [2.75, 3.05) is 6.61 Å². The summed E-state index contributed by atoms with van der Waals surface area (Å²) in [4.78, 5) is 11.9. The van der Waals surface area contributed by atoms with Crippen molar-refractivity contribution < 1.29 is 22.7 Å². The third kappa shape index (κ3) is 4.38.